The Labute approximate surface area is 153 Å². The molecule has 0 bridgehead atoms. The summed E-state index contributed by atoms with van der Waals surface area (Å²) in [6.45, 7) is 7.01. The number of aliphatic hydroxyl groups is 1. The number of halogens is 1. The summed E-state index contributed by atoms with van der Waals surface area (Å²) in [6, 6.07) is 5.21. The van der Waals surface area contributed by atoms with Crippen LogP contribution in [-0.2, 0) is 11.2 Å². The van der Waals surface area contributed by atoms with E-state index in [1.807, 2.05) is 4.90 Å². The van der Waals surface area contributed by atoms with Gasteiger partial charge in [-0.05, 0) is 57.9 Å². The van der Waals surface area contributed by atoms with Crippen molar-refractivity contribution in [1.82, 2.24) is 5.32 Å². The molecule has 0 spiro atoms. The fourth-order valence-corrected chi connectivity index (χ4v) is 2.83. The summed E-state index contributed by atoms with van der Waals surface area (Å²) in [5, 5.41) is 24.1. The number of fused-ring (bicyclic) bond motifs is 1. The van der Waals surface area contributed by atoms with E-state index >= 15 is 0 Å². The zero-order valence-electron chi connectivity index (χ0n) is 15.8. The second-order valence-corrected chi connectivity index (χ2v) is 7.62. The number of rotatable bonds is 6. The van der Waals surface area contributed by atoms with Gasteiger partial charge in [-0.3, -0.25) is 5.21 Å². The summed E-state index contributed by atoms with van der Waals surface area (Å²) >= 11 is 0. The molecule has 146 valence electrons. The van der Waals surface area contributed by atoms with E-state index in [9.17, 15) is 19.5 Å². The van der Waals surface area contributed by atoms with Gasteiger partial charge in [-0.1, -0.05) is 0 Å². The first-order chi connectivity index (χ1) is 12.0. The topological polar surface area (TPSA) is 85.3 Å². The number of alkyl halides is 1. The maximum Gasteiger partial charge on any atom is 0.407 e. The van der Waals surface area contributed by atoms with E-state index < -0.39 is 24.1 Å². The second-order valence-electron chi connectivity index (χ2n) is 7.62. The van der Waals surface area contributed by atoms with Crippen molar-refractivity contribution in [3.05, 3.63) is 23.8 Å². The number of ether oxygens (including phenoxy) is 1. The number of hydrogen-bond acceptors (Lipinski definition) is 6. The van der Waals surface area contributed by atoms with Gasteiger partial charge in [-0.15, -0.1) is 0 Å². The molecule has 7 nitrogen and oxygen atoms in total. The molecule has 1 amide bonds. The Morgan fingerprint density at radius 1 is 1.38 bits per heavy atom. The van der Waals surface area contributed by atoms with Gasteiger partial charge in [0.25, 0.3) is 0 Å². The third-order valence-corrected chi connectivity index (χ3v) is 4.08. The van der Waals surface area contributed by atoms with E-state index in [1.165, 1.54) is 6.92 Å². The third kappa shape index (κ3) is 4.98. The number of hydroxylamine groups is 1. The number of benzene rings is 1. The summed E-state index contributed by atoms with van der Waals surface area (Å²) in [7, 11) is 0. The molecule has 0 radical (unpaired) electrons. The molecule has 0 aliphatic carbocycles. The maximum absolute atomic E-state index is 12.6. The van der Waals surface area contributed by atoms with E-state index in [0.29, 0.717) is 17.3 Å². The highest BCUT2D eigenvalue weighted by molar-refractivity contribution is 5.68. The van der Waals surface area contributed by atoms with Gasteiger partial charge in [0.15, 0.2) is 5.72 Å². The lowest BCUT2D eigenvalue weighted by Gasteiger charge is -2.34. The molecular formula is C18H28FN3O4. The lowest BCUT2D eigenvalue weighted by atomic mass is 10.1. The van der Waals surface area contributed by atoms with E-state index in [1.54, 1.807) is 39.0 Å². The van der Waals surface area contributed by atoms with Crippen molar-refractivity contribution in [3.8, 4) is 0 Å². The first-order valence-electron chi connectivity index (χ1n) is 8.66. The normalized spacial score (nSPS) is 16.0. The van der Waals surface area contributed by atoms with Crippen LogP contribution >= 0.6 is 0 Å². The van der Waals surface area contributed by atoms with Crippen molar-refractivity contribution in [1.29, 1.82) is 0 Å². The Bertz CT molecular complexity index is 646. The van der Waals surface area contributed by atoms with Crippen LogP contribution < -0.4 is 15.3 Å². The van der Waals surface area contributed by atoms with E-state index in [-0.39, 0.29) is 6.54 Å². The van der Waals surface area contributed by atoms with E-state index in [0.717, 1.165) is 24.2 Å². The molecule has 1 atom stereocenters. The average molecular weight is 369 g/mol. The summed E-state index contributed by atoms with van der Waals surface area (Å²) in [6.07, 6.45) is 0.0666. The van der Waals surface area contributed by atoms with Gasteiger partial charge in [0.2, 0.25) is 0 Å². The molecule has 3 N–H and O–H groups in total. The zero-order valence-corrected chi connectivity index (χ0v) is 15.8. The Morgan fingerprint density at radius 3 is 2.69 bits per heavy atom. The minimum absolute atomic E-state index is 0.233. The number of amides is 1. The molecule has 8 heteroatoms. The molecule has 1 heterocycles. The lowest BCUT2D eigenvalue weighted by Crippen LogP contribution is -2.53. The van der Waals surface area contributed by atoms with Crippen LogP contribution in [0.4, 0.5) is 20.6 Å². The third-order valence-electron chi connectivity index (χ3n) is 4.08. The zero-order chi connectivity index (χ0) is 19.5. The highest BCUT2D eigenvalue weighted by atomic mass is 19.1. The van der Waals surface area contributed by atoms with Crippen molar-refractivity contribution in [3.63, 3.8) is 0 Å². The minimum Gasteiger partial charge on any atom is -0.444 e. The van der Waals surface area contributed by atoms with Crippen molar-refractivity contribution in [2.75, 3.05) is 36.3 Å². The Kier molecular flexibility index (Phi) is 5.98. The maximum atomic E-state index is 12.6. The molecule has 1 unspecified atom stereocenters. The number of anilines is 2. The van der Waals surface area contributed by atoms with Crippen LogP contribution in [0.2, 0.25) is 0 Å². The largest absolute Gasteiger partial charge is 0.444 e. The standard InChI is InChI=1S/C18H28FN3O4/c1-17(2,3)26-16(23)20-12-18(4,24)22(25)14-5-6-15-13(11-14)7-9-21(15)10-8-19/h5-6,11,24-25H,7-10,12H2,1-4H3,(H,20,23). The summed E-state index contributed by atoms with van der Waals surface area (Å²) in [4.78, 5) is 13.7. The predicted molar refractivity (Wildman–Crippen MR) is 97.5 cm³/mol. The van der Waals surface area contributed by atoms with Crippen molar-refractivity contribution >= 4 is 17.5 Å². The SMILES string of the molecule is CC(C)(C)OC(=O)NCC(C)(O)N(O)c1ccc2c(c1)CCN2CCF. The van der Waals surface area contributed by atoms with Crippen LogP contribution in [0.25, 0.3) is 0 Å². The highest BCUT2D eigenvalue weighted by Crippen LogP contribution is 2.32. The van der Waals surface area contributed by atoms with E-state index in [4.69, 9.17) is 4.74 Å². The number of nitrogens with zero attached hydrogens (tertiary/aromatic N) is 2. The van der Waals surface area contributed by atoms with Gasteiger partial charge in [-0.25, -0.2) is 14.2 Å². The minimum atomic E-state index is -1.73. The smallest absolute Gasteiger partial charge is 0.407 e. The van der Waals surface area contributed by atoms with Crippen molar-refractivity contribution < 1.29 is 24.2 Å². The van der Waals surface area contributed by atoms with Gasteiger partial charge in [0.05, 0.1) is 12.2 Å². The monoisotopic (exact) mass is 369 g/mol. The van der Waals surface area contributed by atoms with Crippen LogP contribution in [0.15, 0.2) is 18.2 Å². The van der Waals surface area contributed by atoms with Gasteiger partial charge >= 0.3 is 6.09 Å². The summed E-state index contributed by atoms with van der Waals surface area (Å²) < 4.78 is 17.7. The molecule has 1 aliphatic heterocycles. The summed E-state index contributed by atoms with van der Waals surface area (Å²) in [5.41, 5.74) is -0.0815. The molecule has 0 saturated heterocycles. The van der Waals surface area contributed by atoms with Crippen LogP contribution in [0, 0.1) is 0 Å². The molecule has 1 aromatic rings. The Morgan fingerprint density at radius 2 is 2.08 bits per heavy atom. The fraction of sp³-hybridized carbons (Fsp3) is 0.611. The van der Waals surface area contributed by atoms with Crippen LogP contribution in [-0.4, -0.2) is 54.0 Å². The van der Waals surface area contributed by atoms with Gasteiger partial charge in [0.1, 0.15) is 12.3 Å². The molecule has 2 rings (SSSR count). The Balaban J connectivity index is 2.03. The number of nitrogens with one attached hydrogen (secondary N) is 1. The molecule has 0 saturated carbocycles. The Hall–Kier alpha value is -2.06. The lowest BCUT2D eigenvalue weighted by molar-refractivity contribution is -0.0240. The van der Waals surface area contributed by atoms with Crippen LogP contribution in [0.3, 0.4) is 0 Å². The number of carbonyl (C=O) groups excluding carboxylic acids is 1. The fourth-order valence-electron chi connectivity index (χ4n) is 2.83. The van der Waals surface area contributed by atoms with Crippen LogP contribution in [0.1, 0.15) is 33.3 Å². The first kappa shape index (κ1) is 20.3. The van der Waals surface area contributed by atoms with Crippen molar-refractivity contribution in [2.45, 2.75) is 45.4 Å². The average Bonchev–Trinajstić information content (AvgIpc) is 2.93. The molecular weight excluding hydrogens is 341 g/mol. The summed E-state index contributed by atoms with van der Waals surface area (Å²) in [5.74, 6) is 0. The van der Waals surface area contributed by atoms with Crippen molar-refractivity contribution in [2.24, 2.45) is 0 Å². The molecule has 26 heavy (non-hydrogen) atoms. The first-order valence-corrected chi connectivity index (χ1v) is 8.66. The molecule has 1 aromatic carbocycles. The molecule has 0 fully saturated rings. The second kappa shape index (κ2) is 7.67. The molecule has 1 aliphatic rings. The highest BCUT2D eigenvalue weighted by Gasteiger charge is 2.31. The van der Waals surface area contributed by atoms with Gasteiger partial charge in [-0.2, -0.15) is 0 Å². The predicted octanol–water partition coefficient (Wildman–Crippen LogP) is 2.45. The van der Waals surface area contributed by atoms with Crippen LogP contribution in [0.5, 0.6) is 0 Å². The van der Waals surface area contributed by atoms with Gasteiger partial charge in [0, 0.05) is 18.8 Å². The van der Waals surface area contributed by atoms with Gasteiger partial charge < -0.3 is 20.1 Å². The van der Waals surface area contributed by atoms with E-state index in [2.05, 4.69) is 5.32 Å². The quantitative estimate of drug-likeness (QED) is 0.528. The number of hydrogen-bond donors (Lipinski definition) is 3. The number of alkyl carbamates (subject to hydrolysis) is 1. The number of carbonyl (C=O) groups is 1. The molecule has 0 aromatic heterocycles.